The zero-order valence-corrected chi connectivity index (χ0v) is 14.4. The number of nitrogens with zero attached hydrogens (tertiary/aromatic N) is 3. The summed E-state index contributed by atoms with van der Waals surface area (Å²) in [5.41, 5.74) is 0.533. The number of aromatic nitrogens is 2. The fourth-order valence-corrected chi connectivity index (χ4v) is 2.80. The SMILES string of the molecule is Cc1noc(CNC(=O)C2CCN(C(=O)Nc3ccc(F)cc3)CC2)n1. The Morgan fingerprint density at radius 3 is 2.58 bits per heavy atom. The Hall–Kier alpha value is -2.97. The third-order valence-corrected chi connectivity index (χ3v) is 4.23. The number of halogens is 1. The molecule has 2 heterocycles. The Kier molecular flexibility index (Phi) is 5.45. The van der Waals surface area contributed by atoms with Crippen molar-refractivity contribution in [3.8, 4) is 0 Å². The number of likely N-dealkylation sites (tertiary alicyclic amines) is 1. The summed E-state index contributed by atoms with van der Waals surface area (Å²) in [5, 5.41) is 9.17. The quantitative estimate of drug-likeness (QED) is 0.868. The molecule has 0 spiro atoms. The summed E-state index contributed by atoms with van der Waals surface area (Å²) >= 11 is 0. The van der Waals surface area contributed by atoms with Crippen LogP contribution in [0.5, 0.6) is 0 Å². The lowest BCUT2D eigenvalue weighted by molar-refractivity contribution is -0.126. The molecule has 0 atom stereocenters. The zero-order valence-electron chi connectivity index (χ0n) is 14.4. The molecule has 0 radical (unpaired) electrons. The van der Waals surface area contributed by atoms with Crippen LogP contribution in [0.3, 0.4) is 0 Å². The van der Waals surface area contributed by atoms with Crippen LogP contribution in [-0.4, -0.2) is 40.1 Å². The molecule has 0 saturated carbocycles. The molecule has 0 bridgehead atoms. The molecule has 3 amide bonds. The van der Waals surface area contributed by atoms with Gasteiger partial charge in [0, 0.05) is 24.7 Å². The van der Waals surface area contributed by atoms with Gasteiger partial charge in [-0.3, -0.25) is 4.79 Å². The van der Waals surface area contributed by atoms with E-state index in [1.54, 1.807) is 11.8 Å². The number of nitrogens with one attached hydrogen (secondary N) is 2. The first-order valence-corrected chi connectivity index (χ1v) is 8.39. The average molecular weight is 361 g/mol. The minimum absolute atomic E-state index is 0.0838. The number of rotatable bonds is 4. The molecule has 2 aromatic rings. The highest BCUT2D eigenvalue weighted by atomic mass is 19.1. The molecular formula is C17H20FN5O3. The van der Waals surface area contributed by atoms with Gasteiger partial charge in [0.1, 0.15) is 5.82 Å². The molecule has 3 rings (SSSR count). The van der Waals surface area contributed by atoms with E-state index in [0.717, 1.165) is 0 Å². The van der Waals surface area contributed by atoms with E-state index in [1.807, 2.05) is 0 Å². The standard InChI is InChI=1S/C17H20FN5O3/c1-11-20-15(26-22-11)10-19-16(24)12-6-8-23(9-7-12)17(25)21-14-4-2-13(18)3-5-14/h2-5,12H,6-10H2,1H3,(H,19,24)(H,21,25). The van der Waals surface area contributed by atoms with Crippen molar-refractivity contribution in [3.63, 3.8) is 0 Å². The molecule has 1 aliphatic rings. The van der Waals surface area contributed by atoms with Crippen LogP contribution in [-0.2, 0) is 11.3 Å². The van der Waals surface area contributed by atoms with Crippen LogP contribution >= 0.6 is 0 Å². The van der Waals surface area contributed by atoms with E-state index < -0.39 is 0 Å². The van der Waals surface area contributed by atoms with Gasteiger partial charge in [0.2, 0.25) is 11.8 Å². The second kappa shape index (κ2) is 7.94. The molecule has 138 valence electrons. The lowest BCUT2D eigenvalue weighted by Gasteiger charge is -2.31. The number of benzene rings is 1. The molecule has 8 nitrogen and oxygen atoms in total. The van der Waals surface area contributed by atoms with Crippen LogP contribution in [0.25, 0.3) is 0 Å². The van der Waals surface area contributed by atoms with Gasteiger partial charge in [-0.15, -0.1) is 0 Å². The van der Waals surface area contributed by atoms with Gasteiger partial charge in [0.15, 0.2) is 5.82 Å². The Balaban J connectivity index is 1.43. The summed E-state index contributed by atoms with van der Waals surface area (Å²) in [6.45, 7) is 2.86. The number of amides is 3. The summed E-state index contributed by atoms with van der Waals surface area (Å²) in [7, 11) is 0. The smallest absolute Gasteiger partial charge is 0.321 e. The maximum atomic E-state index is 12.9. The Morgan fingerprint density at radius 2 is 1.96 bits per heavy atom. The van der Waals surface area contributed by atoms with Gasteiger partial charge in [0.05, 0.1) is 6.54 Å². The van der Waals surface area contributed by atoms with Gasteiger partial charge in [-0.1, -0.05) is 5.16 Å². The molecular weight excluding hydrogens is 341 g/mol. The highest BCUT2D eigenvalue weighted by molar-refractivity contribution is 5.89. The van der Waals surface area contributed by atoms with E-state index in [2.05, 4.69) is 20.8 Å². The summed E-state index contributed by atoms with van der Waals surface area (Å²) in [6.07, 6.45) is 1.15. The maximum absolute atomic E-state index is 12.9. The minimum Gasteiger partial charge on any atom is -0.347 e. The van der Waals surface area contributed by atoms with Gasteiger partial charge in [-0.05, 0) is 44.0 Å². The van der Waals surface area contributed by atoms with Crippen LogP contribution in [0.15, 0.2) is 28.8 Å². The fourth-order valence-electron chi connectivity index (χ4n) is 2.80. The Morgan fingerprint density at radius 1 is 1.27 bits per heavy atom. The predicted octanol–water partition coefficient (Wildman–Crippen LogP) is 2.08. The first-order chi connectivity index (χ1) is 12.5. The van der Waals surface area contributed by atoms with E-state index in [9.17, 15) is 14.0 Å². The molecule has 0 unspecified atom stereocenters. The molecule has 1 aromatic carbocycles. The molecule has 0 aliphatic carbocycles. The Bertz CT molecular complexity index is 769. The van der Waals surface area contributed by atoms with Crippen molar-refractivity contribution < 1.29 is 18.5 Å². The second-order valence-corrected chi connectivity index (χ2v) is 6.15. The third-order valence-electron chi connectivity index (χ3n) is 4.23. The monoisotopic (exact) mass is 361 g/mol. The average Bonchev–Trinajstić information content (AvgIpc) is 3.07. The molecule has 26 heavy (non-hydrogen) atoms. The lowest BCUT2D eigenvalue weighted by Crippen LogP contribution is -2.44. The van der Waals surface area contributed by atoms with Crippen molar-refractivity contribution in [1.29, 1.82) is 0 Å². The molecule has 1 aromatic heterocycles. The van der Waals surface area contributed by atoms with Crippen molar-refractivity contribution in [2.24, 2.45) is 5.92 Å². The van der Waals surface area contributed by atoms with E-state index in [0.29, 0.717) is 43.3 Å². The number of hydrogen-bond donors (Lipinski definition) is 2. The lowest BCUT2D eigenvalue weighted by atomic mass is 9.96. The minimum atomic E-state index is -0.356. The van der Waals surface area contributed by atoms with Crippen molar-refractivity contribution in [3.05, 3.63) is 41.8 Å². The fraction of sp³-hybridized carbons (Fsp3) is 0.412. The number of hydrogen-bond acceptors (Lipinski definition) is 5. The summed E-state index contributed by atoms with van der Waals surface area (Å²) in [6, 6.07) is 5.34. The molecule has 9 heteroatoms. The van der Waals surface area contributed by atoms with E-state index >= 15 is 0 Å². The molecule has 1 aliphatic heterocycles. The summed E-state index contributed by atoms with van der Waals surface area (Å²) in [4.78, 5) is 30.1. The predicted molar refractivity (Wildman–Crippen MR) is 90.6 cm³/mol. The number of carbonyl (C=O) groups is 2. The first kappa shape index (κ1) is 17.8. The number of urea groups is 1. The molecule has 1 fully saturated rings. The number of carbonyl (C=O) groups excluding carboxylic acids is 2. The van der Waals surface area contributed by atoms with Crippen LogP contribution in [0, 0.1) is 18.7 Å². The zero-order chi connectivity index (χ0) is 18.5. The van der Waals surface area contributed by atoms with E-state index in [1.165, 1.54) is 24.3 Å². The van der Waals surface area contributed by atoms with Crippen LogP contribution < -0.4 is 10.6 Å². The summed E-state index contributed by atoms with van der Waals surface area (Å²) < 4.78 is 17.8. The maximum Gasteiger partial charge on any atom is 0.321 e. The van der Waals surface area contributed by atoms with Gasteiger partial charge < -0.3 is 20.1 Å². The normalized spacial score (nSPS) is 14.9. The summed E-state index contributed by atoms with van der Waals surface area (Å²) in [5.74, 6) is 0.292. The first-order valence-electron chi connectivity index (χ1n) is 8.39. The van der Waals surface area contributed by atoms with Crippen molar-refractivity contribution >= 4 is 17.6 Å². The number of piperidine rings is 1. The van der Waals surface area contributed by atoms with Crippen molar-refractivity contribution in [2.45, 2.75) is 26.3 Å². The number of anilines is 1. The topological polar surface area (TPSA) is 100 Å². The second-order valence-electron chi connectivity index (χ2n) is 6.15. The van der Waals surface area contributed by atoms with Gasteiger partial charge in [-0.25, -0.2) is 9.18 Å². The highest BCUT2D eigenvalue weighted by Crippen LogP contribution is 2.19. The van der Waals surface area contributed by atoms with E-state index in [-0.39, 0.29) is 30.2 Å². The van der Waals surface area contributed by atoms with Crippen molar-refractivity contribution in [2.75, 3.05) is 18.4 Å². The largest absolute Gasteiger partial charge is 0.347 e. The van der Waals surface area contributed by atoms with Crippen LogP contribution in [0.2, 0.25) is 0 Å². The highest BCUT2D eigenvalue weighted by Gasteiger charge is 2.27. The van der Waals surface area contributed by atoms with Crippen molar-refractivity contribution in [1.82, 2.24) is 20.4 Å². The van der Waals surface area contributed by atoms with Crippen LogP contribution in [0.1, 0.15) is 24.6 Å². The Labute approximate surface area is 149 Å². The molecule has 1 saturated heterocycles. The van der Waals surface area contributed by atoms with Gasteiger partial charge in [0.25, 0.3) is 0 Å². The van der Waals surface area contributed by atoms with Gasteiger partial charge in [-0.2, -0.15) is 4.98 Å². The number of aryl methyl sites for hydroxylation is 1. The van der Waals surface area contributed by atoms with Crippen LogP contribution in [0.4, 0.5) is 14.9 Å². The molecule has 2 N–H and O–H groups in total. The van der Waals surface area contributed by atoms with Gasteiger partial charge >= 0.3 is 6.03 Å². The van der Waals surface area contributed by atoms with E-state index in [4.69, 9.17) is 4.52 Å². The third kappa shape index (κ3) is 4.56.